The second-order valence-corrected chi connectivity index (χ2v) is 3.72. The molecule has 15 heavy (non-hydrogen) atoms. The van der Waals surface area contributed by atoms with Crippen molar-refractivity contribution < 1.29 is 4.79 Å². The van der Waals surface area contributed by atoms with E-state index in [1.807, 2.05) is 42.6 Å². The Balaban J connectivity index is 2.33. The van der Waals surface area contributed by atoms with Crippen LogP contribution >= 0.6 is 0 Å². The lowest BCUT2D eigenvalue weighted by Crippen LogP contribution is -2.19. The fraction of sp³-hybridized carbons (Fsp3) is 0.273. The van der Waals surface area contributed by atoms with Gasteiger partial charge in [-0.05, 0) is 12.1 Å². The molecular weight excluding hydrogens is 190 g/mol. The number of imidazole rings is 1. The van der Waals surface area contributed by atoms with Gasteiger partial charge in [0.2, 0.25) is 11.9 Å². The lowest BCUT2D eigenvalue weighted by atomic mass is 10.2. The van der Waals surface area contributed by atoms with Crippen LogP contribution in [0.4, 0.5) is 5.95 Å². The summed E-state index contributed by atoms with van der Waals surface area (Å²) in [5, 5.41) is 2.78. The number of pyridine rings is 1. The Kier molecular flexibility index (Phi) is 2.41. The molecule has 0 aliphatic rings. The number of fused-ring (bicyclic) bond motifs is 1. The van der Waals surface area contributed by atoms with Crippen LogP contribution in [0, 0.1) is 5.92 Å². The summed E-state index contributed by atoms with van der Waals surface area (Å²) in [6.45, 7) is 3.70. The van der Waals surface area contributed by atoms with Crippen molar-refractivity contribution in [2.75, 3.05) is 5.32 Å². The fourth-order valence-corrected chi connectivity index (χ4v) is 1.29. The smallest absolute Gasteiger partial charge is 0.229 e. The zero-order valence-corrected chi connectivity index (χ0v) is 8.77. The molecule has 0 aliphatic heterocycles. The number of rotatable bonds is 2. The van der Waals surface area contributed by atoms with E-state index >= 15 is 0 Å². The van der Waals surface area contributed by atoms with E-state index in [0.29, 0.717) is 5.95 Å². The Morgan fingerprint density at radius 1 is 1.47 bits per heavy atom. The van der Waals surface area contributed by atoms with Crippen molar-refractivity contribution >= 4 is 17.4 Å². The summed E-state index contributed by atoms with van der Waals surface area (Å²) in [5.41, 5.74) is 0.969. The highest BCUT2D eigenvalue weighted by molar-refractivity contribution is 5.90. The molecule has 78 valence electrons. The highest BCUT2D eigenvalue weighted by Crippen LogP contribution is 2.11. The summed E-state index contributed by atoms with van der Waals surface area (Å²) in [4.78, 5) is 15.6. The predicted octanol–water partition coefficient (Wildman–Crippen LogP) is 1.93. The Bertz CT molecular complexity index is 487. The topological polar surface area (TPSA) is 46.4 Å². The number of anilines is 1. The summed E-state index contributed by atoms with van der Waals surface area (Å²) in [6.07, 6.45) is 3.61. The van der Waals surface area contributed by atoms with Crippen LogP contribution in [0.25, 0.3) is 5.52 Å². The fourth-order valence-electron chi connectivity index (χ4n) is 1.29. The van der Waals surface area contributed by atoms with Gasteiger partial charge in [-0.15, -0.1) is 0 Å². The van der Waals surface area contributed by atoms with Gasteiger partial charge in [-0.2, -0.15) is 0 Å². The molecule has 4 nitrogen and oxygen atoms in total. The van der Waals surface area contributed by atoms with Crippen molar-refractivity contribution in [3.63, 3.8) is 0 Å². The van der Waals surface area contributed by atoms with Gasteiger partial charge in [-0.1, -0.05) is 19.9 Å². The van der Waals surface area contributed by atoms with Crippen LogP contribution in [-0.4, -0.2) is 15.3 Å². The first-order valence-electron chi connectivity index (χ1n) is 4.91. The van der Waals surface area contributed by atoms with Gasteiger partial charge in [0.05, 0.1) is 11.7 Å². The Labute approximate surface area is 87.9 Å². The monoisotopic (exact) mass is 203 g/mol. The van der Waals surface area contributed by atoms with Crippen LogP contribution in [0.5, 0.6) is 0 Å². The van der Waals surface area contributed by atoms with Crippen molar-refractivity contribution in [1.82, 2.24) is 9.38 Å². The number of carbonyl (C=O) groups is 1. The number of carbonyl (C=O) groups excluding carboxylic acids is 1. The average molecular weight is 203 g/mol. The molecule has 0 atom stereocenters. The molecule has 0 bridgehead atoms. The van der Waals surface area contributed by atoms with E-state index in [2.05, 4.69) is 10.3 Å². The minimum absolute atomic E-state index is 0.0219. The Morgan fingerprint density at radius 3 is 3.00 bits per heavy atom. The summed E-state index contributed by atoms with van der Waals surface area (Å²) in [7, 11) is 0. The summed E-state index contributed by atoms with van der Waals surface area (Å²) in [5.74, 6) is 0.511. The molecule has 1 amide bonds. The van der Waals surface area contributed by atoms with Crippen LogP contribution in [0.2, 0.25) is 0 Å². The molecule has 4 heteroatoms. The summed E-state index contributed by atoms with van der Waals surface area (Å²) in [6, 6.07) is 5.78. The van der Waals surface area contributed by atoms with E-state index in [4.69, 9.17) is 0 Å². The molecule has 0 aliphatic carbocycles. The van der Waals surface area contributed by atoms with E-state index < -0.39 is 0 Å². The molecule has 2 rings (SSSR count). The number of amides is 1. The zero-order valence-electron chi connectivity index (χ0n) is 8.77. The quantitative estimate of drug-likeness (QED) is 0.810. The first kappa shape index (κ1) is 9.71. The van der Waals surface area contributed by atoms with Gasteiger partial charge >= 0.3 is 0 Å². The van der Waals surface area contributed by atoms with Gasteiger partial charge < -0.3 is 0 Å². The highest BCUT2D eigenvalue weighted by Gasteiger charge is 2.10. The van der Waals surface area contributed by atoms with Crippen LogP contribution in [0.3, 0.4) is 0 Å². The number of nitrogens with one attached hydrogen (secondary N) is 1. The molecule has 2 aromatic rings. The first-order chi connectivity index (χ1) is 7.18. The molecule has 0 fully saturated rings. The van der Waals surface area contributed by atoms with Crippen LogP contribution in [0.1, 0.15) is 13.8 Å². The van der Waals surface area contributed by atoms with Crippen molar-refractivity contribution in [1.29, 1.82) is 0 Å². The molecule has 0 unspecified atom stereocenters. The van der Waals surface area contributed by atoms with Gasteiger partial charge in [-0.25, -0.2) is 4.98 Å². The minimum Gasteiger partial charge on any atom is -0.295 e. The van der Waals surface area contributed by atoms with E-state index in [0.717, 1.165) is 5.52 Å². The third-order valence-corrected chi connectivity index (χ3v) is 2.20. The first-order valence-corrected chi connectivity index (χ1v) is 4.91. The molecule has 2 aromatic heterocycles. The number of aromatic nitrogens is 2. The number of hydrogen-bond acceptors (Lipinski definition) is 2. The SMILES string of the molecule is CC(C)C(=O)Nc1ncc2ccccn12. The van der Waals surface area contributed by atoms with E-state index in [1.165, 1.54) is 0 Å². The molecule has 0 saturated carbocycles. The number of nitrogens with zero attached hydrogens (tertiary/aromatic N) is 2. The van der Waals surface area contributed by atoms with Gasteiger partial charge in [0.25, 0.3) is 0 Å². The van der Waals surface area contributed by atoms with Gasteiger partial charge in [0, 0.05) is 12.1 Å². The molecule has 1 N–H and O–H groups in total. The maximum absolute atomic E-state index is 11.5. The van der Waals surface area contributed by atoms with Crippen molar-refractivity contribution in [3.05, 3.63) is 30.6 Å². The lowest BCUT2D eigenvalue weighted by Gasteiger charge is -2.05. The van der Waals surface area contributed by atoms with Crippen molar-refractivity contribution in [2.45, 2.75) is 13.8 Å². The maximum Gasteiger partial charge on any atom is 0.229 e. The van der Waals surface area contributed by atoms with E-state index in [9.17, 15) is 4.79 Å². The molecular formula is C11H13N3O. The van der Waals surface area contributed by atoms with Crippen molar-refractivity contribution in [2.24, 2.45) is 5.92 Å². The van der Waals surface area contributed by atoms with E-state index in [1.54, 1.807) is 6.20 Å². The molecule has 0 spiro atoms. The van der Waals surface area contributed by atoms with Gasteiger partial charge in [0.15, 0.2) is 0 Å². The number of hydrogen-bond donors (Lipinski definition) is 1. The average Bonchev–Trinajstić information content (AvgIpc) is 2.62. The Hall–Kier alpha value is -1.84. The Morgan fingerprint density at radius 2 is 2.27 bits per heavy atom. The normalized spacial score (nSPS) is 10.9. The third kappa shape index (κ3) is 1.83. The minimum atomic E-state index is -0.0407. The van der Waals surface area contributed by atoms with Crippen LogP contribution < -0.4 is 5.32 Å². The second-order valence-electron chi connectivity index (χ2n) is 3.72. The lowest BCUT2D eigenvalue weighted by molar-refractivity contribution is -0.118. The summed E-state index contributed by atoms with van der Waals surface area (Å²) >= 11 is 0. The predicted molar refractivity (Wildman–Crippen MR) is 58.7 cm³/mol. The highest BCUT2D eigenvalue weighted by atomic mass is 16.2. The molecule has 2 heterocycles. The van der Waals surface area contributed by atoms with Crippen molar-refractivity contribution in [3.8, 4) is 0 Å². The molecule has 0 saturated heterocycles. The van der Waals surface area contributed by atoms with Crippen LogP contribution in [-0.2, 0) is 4.79 Å². The zero-order chi connectivity index (χ0) is 10.8. The van der Waals surface area contributed by atoms with E-state index in [-0.39, 0.29) is 11.8 Å². The molecule has 0 radical (unpaired) electrons. The third-order valence-electron chi connectivity index (χ3n) is 2.20. The maximum atomic E-state index is 11.5. The standard InChI is InChI=1S/C11H13N3O/c1-8(2)10(15)13-11-12-7-9-5-3-4-6-14(9)11/h3-8H,1-2H3,(H,12,13,15). The van der Waals surface area contributed by atoms with Gasteiger partial charge in [-0.3, -0.25) is 14.5 Å². The second kappa shape index (κ2) is 3.73. The largest absolute Gasteiger partial charge is 0.295 e. The summed E-state index contributed by atoms with van der Waals surface area (Å²) < 4.78 is 1.85. The molecule has 0 aromatic carbocycles. The van der Waals surface area contributed by atoms with Gasteiger partial charge in [0.1, 0.15) is 0 Å². The van der Waals surface area contributed by atoms with Crippen LogP contribution in [0.15, 0.2) is 30.6 Å².